The predicted octanol–water partition coefficient (Wildman–Crippen LogP) is 2.93. The van der Waals surface area contributed by atoms with Crippen LogP contribution in [0.25, 0.3) is 21.3 Å². The van der Waals surface area contributed by atoms with Crippen LogP contribution in [0.4, 0.5) is 5.82 Å². The van der Waals surface area contributed by atoms with Gasteiger partial charge in [-0.1, -0.05) is 30.3 Å². The minimum atomic E-state index is 0.203. The monoisotopic (exact) mass is 381 g/mol. The summed E-state index contributed by atoms with van der Waals surface area (Å²) in [6.45, 7) is 4.09. The molecule has 0 bridgehead atoms. The van der Waals surface area contributed by atoms with Crippen molar-refractivity contribution < 1.29 is 4.79 Å². The van der Waals surface area contributed by atoms with Crippen molar-refractivity contribution in [3.05, 3.63) is 42.0 Å². The first-order valence-electron chi connectivity index (χ1n) is 9.20. The summed E-state index contributed by atoms with van der Waals surface area (Å²) in [6, 6.07) is 10.3. The van der Waals surface area contributed by atoms with Gasteiger partial charge in [-0.05, 0) is 12.6 Å². The molecule has 27 heavy (non-hydrogen) atoms. The third kappa shape index (κ3) is 3.94. The number of nitrogens with one attached hydrogen (secondary N) is 1. The first kappa shape index (κ1) is 17.9. The zero-order chi connectivity index (χ0) is 18.6. The van der Waals surface area contributed by atoms with Gasteiger partial charge < -0.3 is 15.1 Å². The molecule has 2 aromatic heterocycles. The van der Waals surface area contributed by atoms with Gasteiger partial charge in [-0.15, -0.1) is 11.3 Å². The maximum Gasteiger partial charge on any atom is 0.224 e. The molecule has 6 nitrogen and oxygen atoms in total. The van der Waals surface area contributed by atoms with Gasteiger partial charge in [-0.2, -0.15) is 0 Å². The topological polar surface area (TPSA) is 61.4 Å². The number of aromatic nitrogens is 2. The first-order valence-corrected chi connectivity index (χ1v) is 10.1. The van der Waals surface area contributed by atoms with Crippen molar-refractivity contribution in [3.8, 4) is 11.1 Å². The largest absolute Gasteiger partial charge is 0.369 e. The zero-order valence-corrected chi connectivity index (χ0v) is 16.2. The van der Waals surface area contributed by atoms with Crippen LogP contribution >= 0.6 is 11.3 Å². The molecule has 140 valence electrons. The predicted molar refractivity (Wildman–Crippen MR) is 110 cm³/mol. The molecule has 1 N–H and O–H groups in total. The maximum atomic E-state index is 12.4. The number of carbonyl (C=O) groups excluding carboxylic acids is 1. The Kier molecular flexibility index (Phi) is 5.31. The number of nitrogens with zero attached hydrogens (tertiary/aromatic N) is 4. The van der Waals surface area contributed by atoms with Crippen LogP contribution in [0, 0.1) is 0 Å². The molecule has 1 fully saturated rings. The van der Waals surface area contributed by atoms with E-state index in [1.807, 2.05) is 23.1 Å². The highest BCUT2D eigenvalue weighted by Crippen LogP contribution is 2.36. The van der Waals surface area contributed by atoms with Crippen molar-refractivity contribution in [2.24, 2.45) is 0 Å². The highest BCUT2D eigenvalue weighted by molar-refractivity contribution is 7.17. The van der Waals surface area contributed by atoms with Gasteiger partial charge in [0, 0.05) is 50.1 Å². The van der Waals surface area contributed by atoms with E-state index >= 15 is 0 Å². The number of piperazine rings is 1. The van der Waals surface area contributed by atoms with Crippen LogP contribution < -0.4 is 5.32 Å². The van der Waals surface area contributed by atoms with Gasteiger partial charge in [-0.25, -0.2) is 9.97 Å². The van der Waals surface area contributed by atoms with Crippen molar-refractivity contribution in [2.75, 3.05) is 45.1 Å². The van der Waals surface area contributed by atoms with Crippen LogP contribution in [0.2, 0.25) is 0 Å². The molecule has 1 aromatic carbocycles. The molecule has 0 unspecified atom stereocenters. The molecule has 0 saturated carbocycles. The third-order valence-corrected chi connectivity index (χ3v) is 5.83. The van der Waals surface area contributed by atoms with Crippen molar-refractivity contribution in [1.29, 1.82) is 0 Å². The average molecular weight is 382 g/mol. The maximum absolute atomic E-state index is 12.4. The quantitative estimate of drug-likeness (QED) is 0.736. The van der Waals surface area contributed by atoms with Crippen molar-refractivity contribution in [2.45, 2.75) is 6.42 Å². The molecule has 7 heteroatoms. The molecule has 0 spiro atoms. The third-order valence-electron chi connectivity index (χ3n) is 4.94. The van der Waals surface area contributed by atoms with E-state index in [2.05, 4.69) is 44.7 Å². The minimum absolute atomic E-state index is 0.203. The summed E-state index contributed by atoms with van der Waals surface area (Å²) in [6.07, 6.45) is 2.05. The van der Waals surface area contributed by atoms with E-state index in [4.69, 9.17) is 0 Å². The van der Waals surface area contributed by atoms with E-state index in [9.17, 15) is 4.79 Å². The summed E-state index contributed by atoms with van der Waals surface area (Å²) >= 11 is 1.61. The molecule has 0 atom stereocenters. The van der Waals surface area contributed by atoms with Gasteiger partial charge in [-0.3, -0.25) is 4.79 Å². The lowest BCUT2D eigenvalue weighted by Gasteiger charge is -2.32. The fourth-order valence-electron chi connectivity index (χ4n) is 3.34. The van der Waals surface area contributed by atoms with Crippen LogP contribution in [0.3, 0.4) is 0 Å². The standard InChI is InChI=1S/C20H23N5OS/c1-24-9-11-25(12-10-24)17(26)7-8-21-19-18-16(15-5-3-2-4-6-15)13-27-20(18)23-14-22-19/h2-6,13-14H,7-12H2,1H3,(H,21,22,23). The van der Waals surface area contributed by atoms with E-state index in [1.54, 1.807) is 17.7 Å². The van der Waals surface area contributed by atoms with Crippen molar-refractivity contribution >= 4 is 33.3 Å². The van der Waals surface area contributed by atoms with E-state index in [1.165, 1.54) is 0 Å². The number of thiophene rings is 1. The molecule has 1 aliphatic heterocycles. The van der Waals surface area contributed by atoms with E-state index in [0.29, 0.717) is 13.0 Å². The van der Waals surface area contributed by atoms with Gasteiger partial charge in [0.25, 0.3) is 0 Å². The second-order valence-corrected chi connectivity index (χ2v) is 7.64. The Balaban J connectivity index is 1.46. The Labute approximate surface area is 162 Å². The van der Waals surface area contributed by atoms with Crippen LogP contribution in [0.15, 0.2) is 42.0 Å². The molecule has 0 aliphatic carbocycles. The molecule has 4 rings (SSSR count). The fraction of sp³-hybridized carbons (Fsp3) is 0.350. The zero-order valence-electron chi connectivity index (χ0n) is 15.4. The molecule has 1 saturated heterocycles. The highest BCUT2D eigenvalue weighted by Gasteiger charge is 2.19. The summed E-state index contributed by atoms with van der Waals surface area (Å²) in [4.78, 5) is 26.4. The van der Waals surface area contributed by atoms with Crippen LogP contribution in [-0.2, 0) is 4.79 Å². The molecular formula is C20H23N5OS. The van der Waals surface area contributed by atoms with Crippen molar-refractivity contribution in [3.63, 3.8) is 0 Å². The number of fused-ring (bicyclic) bond motifs is 1. The average Bonchev–Trinajstić information content (AvgIpc) is 3.14. The smallest absolute Gasteiger partial charge is 0.224 e. The van der Waals surface area contributed by atoms with Crippen LogP contribution in [-0.4, -0.2) is 65.4 Å². The molecule has 0 radical (unpaired) electrons. The Morgan fingerprint density at radius 3 is 2.70 bits per heavy atom. The normalized spacial score (nSPS) is 15.2. The lowest BCUT2D eigenvalue weighted by atomic mass is 10.1. The molecular weight excluding hydrogens is 358 g/mol. The number of amides is 1. The Morgan fingerprint density at radius 1 is 1.15 bits per heavy atom. The lowest BCUT2D eigenvalue weighted by molar-refractivity contribution is -0.132. The number of benzene rings is 1. The summed E-state index contributed by atoms with van der Waals surface area (Å²) in [5.41, 5.74) is 2.28. The van der Waals surface area contributed by atoms with Gasteiger partial charge in [0.05, 0.1) is 5.39 Å². The van der Waals surface area contributed by atoms with Crippen LogP contribution in [0.1, 0.15) is 6.42 Å². The van der Waals surface area contributed by atoms with E-state index in [0.717, 1.165) is 53.3 Å². The summed E-state index contributed by atoms with van der Waals surface area (Å²) in [5.74, 6) is 1.00. The fourth-order valence-corrected chi connectivity index (χ4v) is 4.26. The summed E-state index contributed by atoms with van der Waals surface area (Å²) in [7, 11) is 2.09. The molecule has 3 aromatic rings. The van der Waals surface area contributed by atoms with Gasteiger partial charge in [0.2, 0.25) is 5.91 Å². The Morgan fingerprint density at radius 2 is 1.93 bits per heavy atom. The Bertz CT molecular complexity index is 919. The minimum Gasteiger partial charge on any atom is -0.369 e. The number of carbonyl (C=O) groups is 1. The lowest BCUT2D eigenvalue weighted by Crippen LogP contribution is -2.47. The first-order chi connectivity index (χ1) is 13.2. The molecule has 3 heterocycles. The number of hydrogen-bond acceptors (Lipinski definition) is 6. The SMILES string of the molecule is CN1CCN(C(=O)CCNc2ncnc3scc(-c4ccccc4)c23)CC1. The molecule has 1 amide bonds. The van der Waals surface area contributed by atoms with E-state index < -0.39 is 0 Å². The number of rotatable bonds is 5. The summed E-state index contributed by atoms with van der Waals surface area (Å²) < 4.78 is 0. The number of hydrogen-bond donors (Lipinski definition) is 1. The van der Waals surface area contributed by atoms with Gasteiger partial charge >= 0.3 is 0 Å². The van der Waals surface area contributed by atoms with Gasteiger partial charge in [0.1, 0.15) is 17.0 Å². The van der Waals surface area contributed by atoms with Crippen molar-refractivity contribution in [1.82, 2.24) is 19.8 Å². The number of likely N-dealkylation sites (N-methyl/N-ethyl adjacent to an activating group) is 1. The Hall–Kier alpha value is -2.51. The number of anilines is 1. The second-order valence-electron chi connectivity index (χ2n) is 6.78. The van der Waals surface area contributed by atoms with E-state index in [-0.39, 0.29) is 5.91 Å². The van der Waals surface area contributed by atoms with Gasteiger partial charge in [0.15, 0.2) is 0 Å². The highest BCUT2D eigenvalue weighted by atomic mass is 32.1. The van der Waals surface area contributed by atoms with Crippen LogP contribution in [0.5, 0.6) is 0 Å². The summed E-state index contributed by atoms with van der Waals surface area (Å²) in [5, 5.41) is 6.51. The second kappa shape index (κ2) is 8.02. The molecule has 1 aliphatic rings.